The summed E-state index contributed by atoms with van der Waals surface area (Å²) in [6.45, 7) is 1.73. The number of rotatable bonds is 4. The fraction of sp³-hybridized carbons (Fsp3) is 0.200. The second-order valence-electron chi connectivity index (χ2n) is 6.21. The van der Waals surface area contributed by atoms with E-state index in [1.54, 1.807) is 13.2 Å². The number of nitrogens with zero attached hydrogens (tertiary/aromatic N) is 2. The summed E-state index contributed by atoms with van der Waals surface area (Å²) in [7, 11) is 1.67. The molecule has 2 amide bonds. The van der Waals surface area contributed by atoms with Crippen molar-refractivity contribution in [3.05, 3.63) is 70.8 Å². The van der Waals surface area contributed by atoms with Crippen LogP contribution in [-0.2, 0) is 6.61 Å². The number of carbonyl (C=O) groups is 1. The molecule has 3 rings (SSSR count). The van der Waals surface area contributed by atoms with Gasteiger partial charge in [-0.3, -0.25) is 4.98 Å². The van der Waals surface area contributed by atoms with Crippen LogP contribution in [0.4, 0.5) is 14.9 Å². The molecule has 2 aromatic carbocycles. The zero-order valence-corrected chi connectivity index (χ0v) is 15.7. The zero-order chi connectivity index (χ0) is 19.6. The second kappa shape index (κ2) is 7.90. The van der Waals surface area contributed by atoms with E-state index in [0.29, 0.717) is 11.4 Å². The average Bonchev–Trinajstić information content (AvgIpc) is 2.68. The van der Waals surface area contributed by atoms with Crippen molar-refractivity contribution in [1.82, 2.24) is 9.88 Å². The Morgan fingerprint density at radius 3 is 2.67 bits per heavy atom. The fourth-order valence-corrected chi connectivity index (χ4v) is 3.08. The van der Waals surface area contributed by atoms with E-state index in [0.717, 1.165) is 16.3 Å². The van der Waals surface area contributed by atoms with Crippen molar-refractivity contribution in [2.24, 2.45) is 0 Å². The number of hydrogen-bond acceptors (Lipinski definition) is 3. The maximum Gasteiger partial charge on any atom is 0.322 e. The predicted octanol–water partition coefficient (Wildman–Crippen LogP) is 4.74. The maximum absolute atomic E-state index is 13.3. The Morgan fingerprint density at radius 1 is 1.30 bits per heavy atom. The molecule has 27 heavy (non-hydrogen) atoms. The molecule has 0 saturated carbocycles. The van der Waals surface area contributed by atoms with Crippen molar-refractivity contribution in [2.45, 2.75) is 19.6 Å². The molecule has 0 spiro atoms. The molecule has 3 aromatic rings. The molecule has 0 aliphatic rings. The average molecular weight is 388 g/mol. The van der Waals surface area contributed by atoms with Crippen LogP contribution in [0.2, 0.25) is 5.02 Å². The molecule has 5 nitrogen and oxygen atoms in total. The van der Waals surface area contributed by atoms with Crippen molar-refractivity contribution >= 4 is 34.1 Å². The number of pyridine rings is 1. The van der Waals surface area contributed by atoms with E-state index in [-0.39, 0.29) is 23.7 Å². The minimum atomic E-state index is -0.544. The minimum Gasteiger partial charge on any atom is -0.390 e. The van der Waals surface area contributed by atoms with E-state index in [4.69, 9.17) is 11.6 Å². The highest BCUT2D eigenvalue weighted by atomic mass is 35.5. The summed E-state index contributed by atoms with van der Waals surface area (Å²) in [4.78, 5) is 18.5. The summed E-state index contributed by atoms with van der Waals surface area (Å²) in [6.07, 6.45) is 1.68. The highest BCUT2D eigenvalue weighted by Crippen LogP contribution is 2.29. The lowest BCUT2D eigenvalue weighted by Crippen LogP contribution is -2.33. The zero-order valence-electron chi connectivity index (χ0n) is 14.9. The largest absolute Gasteiger partial charge is 0.390 e. The molecule has 0 bridgehead atoms. The van der Waals surface area contributed by atoms with Crippen LogP contribution in [0.3, 0.4) is 0 Å². The van der Waals surface area contributed by atoms with Crippen LogP contribution < -0.4 is 5.32 Å². The van der Waals surface area contributed by atoms with E-state index in [1.165, 1.54) is 23.1 Å². The number of fused-ring (bicyclic) bond motifs is 1. The molecule has 1 atom stereocenters. The Morgan fingerprint density at radius 2 is 2.00 bits per heavy atom. The number of hydrogen-bond donors (Lipinski definition) is 2. The van der Waals surface area contributed by atoms with Crippen LogP contribution in [0.1, 0.15) is 24.2 Å². The number of urea groups is 1. The lowest BCUT2D eigenvalue weighted by Gasteiger charge is -2.26. The Kier molecular flexibility index (Phi) is 5.58. The smallest absolute Gasteiger partial charge is 0.322 e. The Hall–Kier alpha value is -2.70. The minimum absolute atomic E-state index is 0.0571. The third kappa shape index (κ3) is 3.86. The molecule has 1 aromatic heterocycles. The van der Waals surface area contributed by atoms with Gasteiger partial charge in [0.1, 0.15) is 5.82 Å². The van der Waals surface area contributed by atoms with Gasteiger partial charge in [0.25, 0.3) is 0 Å². The van der Waals surface area contributed by atoms with Crippen molar-refractivity contribution < 1.29 is 14.3 Å². The van der Waals surface area contributed by atoms with E-state index >= 15 is 0 Å². The summed E-state index contributed by atoms with van der Waals surface area (Å²) >= 11 is 5.76. The molecule has 7 heteroatoms. The van der Waals surface area contributed by atoms with Gasteiger partial charge < -0.3 is 15.3 Å². The highest BCUT2D eigenvalue weighted by molar-refractivity contribution is 6.31. The number of aliphatic hydroxyl groups is 1. The van der Waals surface area contributed by atoms with E-state index in [2.05, 4.69) is 10.3 Å². The van der Waals surface area contributed by atoms with Gasteiger partial charge in [0.2, 0.25) is 0 Å². The predicted molar refractivity (Wildman–Crippen MR) is 104 cm³/mol. The molecule has 0 aliphatic carbocycles. The maximum atomic E-state index is 13.3. The van der Waals surface area contributed by atoms with Crippen LogP contribution in [0, 0.1) is 5.82 Å². The van der Waals surface area contributed by atoms with E-state index < -0.39 is 5.82 Å². The van der Waals surface area contributed by atoms with Gasteiger partial charge in [0, 0.05) is 29.9 Å². The summed E-state index contributed by atoms with van der Waals surface area (Å²) in [5.74, 6) is -0.544. The third-order valence-corrected chi connectivity index (χ3v) is 4.87. The Bertz CT molecular complexity index is 996. The van der Waals surface area contributed by atoms with Gasteiger partial charge in [-0.15, -0.1) is 0 Å². The van der Waals surface area contributed by atoms with Crippen molar-refractivity contribution in [3.63, 3.8) is 0 Å². The van der Waals surface area contributed by atoms with Crippen LogP contribution in [0.25, 0.3) is 10.8 Å². The van der Waals surface area contributed by atoms with Crippen LogP contribution in [0.5, 0.6) is 0 Å². The number of nitrogens with one attached hydrogen (secondary N) is 1. The molecule has 2 N–H and O–H groups in total. The molecular formula is C20H19ClFN3O2. The number of amides is 2. The number of aromatic nitrogens is 1. The first-order valence-corrected chi connectivity index (χ1v) is 8.76. The van der Waals surface area contributed by atoms with E-state index in [1.807, 2.05) is 31.2 Å². The molecule has 140 valence electrons. The second-order valence-corrected chi connectivity index (χ2v) is 6.62. The normalized spacial score (nSPS) is 12.0. The van der Waals surface area contributed by atoms with Gasteiger partial charge in [0.15, 0.2) is 0 Å². The van der Waals surface area contributed by atoms with Crippen LogP contribution in [-0.4, -0.2) is 28.1 Å². The first kappa shape index (κ1) is 19.1. The quantitative estimate of drug-likeness (QED) is 0.679. The van der Waals surface area contributed by atoms with Gasteiger partial charge in [-0.2, -0.15) is 0 Å². The van der Waals surface area contributed by atoms with Gasteiger partial charge in [0.05, 0.1) is 23.4 Å². The van der Waals surface area contributed by atoms with E-state index in [9.17, 15) is 14.3 Å². The van der Waals surface area contributed by atoms with Crippen molar-refractivity contribution in [3.8, 4) is 0 Å². The number of anilines is 1. The number of carbonyl (C=O) groups excluding carboxylic acids is 1. The van der Waals surface area contributed by atoms with Gasteiger partial charge in [-0.25, -0.2) is 9.18 Å². The molecule has 1 heterocycles. The fourth-order valence-electron chi connectivity index (χ4n) is 2.90. The molecule has 0 aliphatic heterocycles. The summed E-state index contributed by atoms with van der Waals surface area (Å²) in [6, 6.07) is 11.0. The molecular weight excluding hydrogens is 369 g/mol. The van der Waals surface area contributed by atoms with Gasteiger partial charge >= 0.3 is 6.03 Å². The van der Waals surface area contributed by atoms with Crippen molar-refractivity contribution in [1.29, 1.82) is 0 Å². The molecule has 0 fully saturated rings. The van der Waals surface area contributed by atoms with Crippen LogP contribution in [0.15, 0.2) is 48.7 Å². The molecule has 0 unspecified atom stereocenters. The lowest BCUT2D eigenvalue weighted by molar-refractivity contribution is 0.208. The standard InChI is InChI=1S/C20H19ClFN3O2/c1-12(16-10-23-19(11-26)15-6-4-3-5-14(15)16)25(2)20(27)24-13-7-8-18(22)17(21)9-13/h3-10,12,26H,11H2,1-2H3,(H,24,27)/t12-/m0/s1. The molecule has 0 radical (unpaired) electrons. The topological polar surface area (TPSA) is 65.5 Å². The summed E-state index contributed by atoms with van der Waals surface area (Å²) in [5.41, 5.74) is 1.86. The first-order chi connectivity index (χ1) is 12.9. The third-order valence-electron chi connectivity index (χ3n) is 4.58. The van der Waals surface area contributed by atoms with Crippen molar-refractivity contribution in [2.75, 3.05) is 12.4 Å². The Labute approximate surface area is 161 Å². The Balaban J connectivity index is 1.86. The van der Waals surface area contributed by atoms with Crippen LogP contribution >= 0.6 is 11.6 Å². The number of benzene rings is 2. The SMILES string of the molecule is C[C@@H](c1cnc(CO)c2ccccc12)N(C)C(=O)Nc1ccc(F)c(Cl)c1. The summed E-state index contributed by atoms with van der Waals surface area (Å²) in [5, 5.41) is 13.9. The molecule has 0 saturated heterocycles. The first-order valence-electron chi connectivity index (χ1n) is 8.38. The summed E-state index contributed by atoms with van der Waals surface area (Å²) < 4.78 is 13.3. The number of aliphatic hydroxyl groups excluding tert-OH is 1. The monoisotopic (exact) mass is 387 g/mol. The highest BCUT2D eigenvalue weighted by Gasteiger charge is 2.21. The van der Waals surface area contributed by atoms with Gasteiger partial charge in [-0.1, -0.05) is 35.9 Å². The number of halogens is 2. The van der Waals surface area contributed by atoms with Gasteiger partial charge in [-0.05, 0) is 30.5 Å². The lowest BCUT2D eigenvalue weighted by atomic mass is 10.00.